The van der Waals surface area contributed by atoms with Crippen molar-refractivity contribution >= 4 is 10.1 Å². The van der Waals surface area contributed by atoms with Gasteiger partial charge in [-0.3, -0.25) is 0 Å². The summed E-state index contributed by atoms with van der Waals surface area (Å²) in [7, 11) is -4.14. The highest BCUT2D eigenvalue weighted by Gasteiger charge is 2.38. The first-order valence-corrected chi connectivity index (χ1v) is 16.0. The van der Waals surface area contributed by atoms with E-state index in [1.165, 1.54) is 29.3 Å². The average Bonchev–Trinajstić information content (AvgIpc) is 2.83. The van der Waals surface area contributed by atoms with E-state index in [4.69, 9.17) is 2.51 Å². The van der Waals surface area contributed by atoms with Crippen LogP contribution in [0.1, 0.15) is 65.5 Å². The van der Waals surface area contributed by atoms with Gasteiger partial charge >= 0.3 is 30.4 Å². The standard InChI is InChI=1S/C28H34FIO3S/c1-7-27(3,4)21-12-16-24(17-13-21)30(25-18-14-22(15-19-25)28(5,6)8-2)33-34(31,32)26-11-9-10-23(29)20-26/h9-20H,7-8H2,1-6H3/q+1. The normalized spacial score (nSPS) is 12.8. The second-order valence-electron chi connectivity index (χ2n) is 9.71. The predicted molar refractivity (Wildman–Crippen MR) is 132 cm³/mol. The molecule has 34 heavy (non-hydrogen) atoms. The van der Waals surface area contributed by atoms with E-state index in [1.807, 2.05) is 24.3 Å². The van der Waals surface area contributed by atoms with Gasteiger partial charge in [-0.25, -0.2) is 4.39 Å². The topological polar surface area (TPSA) is 43.4 Å². The van der Waals surface area contributed by atoms with Crippen molar-refractivity contribution in [2.45, 2.75) is 70.1 Å². The molecule has 3 nitrogen and oxygen atoms in total. The average molecular weight is 597 g/mol. The van der Waals surface area contributed by atoms with Gasteiger partial charge in [-0.2, -0.15) is 8.42 Å². The SMILES string of the molecule is CCC(C)(C)c1ccc([I+](OS(=O)(=O)c2cccc(F)c2)c2ccc(C(C)(C)CC)cc2)cc1. The third-order valence-corrected chi connectivity index (χ3v) is 14.0. The van der Waals surface area contributed by atoms with Gasteiger partial charge in [0.1, 0.15) is 10.7 Å². The van der Waals surface area contributed by atoms with Gasteiger partial charge < -0.3 is 0 Å². The summed E-state index contributed by atoms with van der Waals surface area (Å²) in [4.78, 5) is -0.165. The molecule has 0 saturated carbocycles. The summed E-state index contributed by atoms with van der Waals surface area (Å²) in [5.74, 6) is -0.609. The fourth-order valence-corrected chi connectivity index (χ4v) is 10.3. The fourth-order valence-electron chi connectivity index (χ4n) is 3.38. The molecule has 0 aromatic heterocycles. The van der Waals surface area contributed by atoms with E-state index in [9.17, 15) is 12.8 Å². The lowest BCUT2D eigenvalue weighted by molar-refractivity contribution is -1.03. The van der Waals surface area contributed by atoms with Gasteiger partial charge in [0.15, 0.2) is 7.14 Å². The highest BCUT2D eigenvalue weighted by Crippen LogP contribution is 2.27. The summed E-state index contributed by atoms with van der Waals surface area (Å²) in [6.45, 7) is 13.1. The zero-order chi connectivity index (χ0) is 25.1. The van der Waals surface area contributed by atoms with E-state index in [2.05, 4.69) is 65.8 Å². The molecule has 0 bridgehead atoms. The van der Waals surface area contributed by atoms with Crippen LogP contribution in [-0.4, -0.2) is 8.42 Å². The van der Waals surface area contributed by atoms with Crippen molar-refractivity contribution in [3.63, 3.8) is 0 Å². The second kappa shape index (κ2) is 10.5. The Kier molecular flexibility index (Phi) is 8.26. The molecule has 6 heteroatoms. The van der Waals surface area contributed by atoms with Crippen LogP contribution in [0.15, 0.2) is 77.7 Å². The number of halogens is 2. The van der Waals surface area contributed by atoms with Crippen molar-refractivity contribution in [1.29, 1.82) is 0 Å². The smallest absolute Gasteiger partial charge is 0.207 e. The molecule has 0 amide bonds. The maximum atomic E-state index is 13.8. The number of hydrogen-bond acceptors (Lipinski definition) is 3. The van der Waals surface area contributed by atoms with E-state index in [0.717, 1.165) is 26.0 Å². The molecule has 0 aliphatic rings. The summed E-state index contributed by atoms with van der Waals surface area (Å²) in [6, 6.07) is 21.2. The molecule has 0 heterocycles. The fraction of sp³-hybridized carbons (Fsp3) is 0.357. The predicted octanol–water partition coefficient (Wildman–Crippen LogP) is 4.19. The molecule has 3 aromatic rings. The Bertz CT molecular complexity index is 1160. The van der Waals surface area contributed by atoms with E-state index in [-0.39, 0.29) is 15.7 Å². The minimum absolute atomic E-state index is 0.0272. The monoisotopic (exact) mass is 596 g/mol. The molecular formula is C28H34FIO3S+. The third kappa shape index (κ3) is 6.07. The van der Waals surface area contributed by atoms with Crippen LogP contribution in [0.5, 0.6) is 0 Å². The van der Waals surface area contributed by atoms with E-state index >= 15 is 0 Å². The van der Waals surface area contributed by atoms with Gasteiger partial charge in [0, 0.05) is 0 Å². The maximum Gasteiger partial charge on any atom is 0.336 e. The van der Waals surface area contributed by atoms with Crippen molar-refractivity contribution in [1.82, 2.24) is 0 Å². The van der Waals surface area contributed by atoms with Crippen molar-refractivity contribution < 1.29 is 35.6 Å². The molecule has 0 atom stereocenters. The zero-order valence-corrected chi connectivity index (χ0v) is 23.7. The number of rotatable bonds is 9. The quantitative estimate of drug-likeness (QED) is 0.349. The molecule has 0 unspecified atom stereocenters. The van der Waals surface area contributed by atoms with Crippen LogP contribution in [0.3, 0.4) is 0 Å². The third-order valence-electron chi connectivity index (χ3n) is 6.65. The lowest BCUT2D eigenvalue weighted by atomic mass is 9.82. The minimum atomic E-state index is -4.14. The van der Waals surface area contributed by atoms with E-state index < -0.39 is 36.2 Å². The highest BCUT2D eigenvalue weighted by atomic mass is 127. The minimum Gasteiger partial charge on any atom is -0.207 e. The molecular weight excluding hydrogens is 562 g/mol. The summed E-state index contributed by atoms with van der Waals surface area (Å²) in [6.07, 6.45) is 1.99. The van der Waals surface area contributed by atoms with Gasteiger partial charge in [0.05, 0.1) is 0 Å². The van der Waals surface area contributed by atoms with E-state index in [0.29, 0.717) is 0 Å². The van der Waals surface area contributed by atoms with Crippen molar-refractivity contribution in [2.75, 3.05) is 0 Å². The van der Waals surface area contributed by atoms with Crippen molar-refractivity contribution in [3.8, 4) is 0 Å². The Hall–Kier alpha value is -1.77. The molecule has 0 saturated heterocycles. The van der Waals surface area contributed by atoms with Crippen LogP contribution >= 0.6 is 0 Å². The van der Waals surface area contributed by atoms with Gasteiger partial charge in [-0.15, -0.1) is 0 Å². The Morgan fingerprint density at radius 2 is 1.21 bits per heavy atom. The highest BCUT2D eigenvalue weighted by molar-refractivity contribution is 7.86. The first-order chi connectivity index (χ1) is 15.9. The Morgan fingerprint density at radius 1 is 0.765 bits per heavy atom. The van der Waals surface area contributed by atoms with Crippen LogP contribution in [0, 0.1) is 13.0 Å². The van der Waals surface area contributed by atoms with Crippen LogP contribution < -0.4 is 20.2 Å². The molecule has 3 rings (SSSR count). The molecule has 183 valence electrons. The van der Waals surface area contributed by atoms with Gasteiger partial charge in [-0.1, -0.05) is 71.9 Å². The Balaban J connectivity index is 2.05. The summed E-state index contributed by atoms with van der Waals surface area (Å²) >= 11 is -2.87. The van der Waals surface area contributed by atoms with Crippen LogP contribution in [0.2, 0.25) is 0 Å². The maximum absolute atomic E-state index is 13.8. The molecule has 0 aliphatic heterocycles. The first kappa shape index (κ1) is 26.8. The van der Waals surface area contributed by atoms with Crippen LogP contribution in [-0.2, 0) is 23.5 Å². The van der Waals surface area contributed by atoms with Crippen molar-refractivity contribution in [2.24, 2.45) is 0 Å². The lowest BCUT2D eigenvalue weighted by Gasteiger charge is -2.23. The molecule has 0 spiro atoms. The first-order valence-electron chi connectivity index (χ1n) is 11.5. The second-order valence-corrected chi connectivity index (χ2v) is 16.2. The molecule has 3 aromatic carbocycles. The molecule has 0 aliphatic carbocycles. The summed E-state index contributed by atoms with van der Waals surface area (Å²) in [5.41, 5.74) is 2.45. The van der Waals surface area contributed by atoms with Crippen LogP contribution in [0.4, 0.5) is 4.39 Å². The summed E-state index contributed by atoms with van der Waals surface area (Å²) in [5, 5.41) is 0. The molecule has 1 radical (unpaired) electrons. The largest absolute Gasteiger partial charge is 0.336 e. The van der Waals surface area contributed by atoms with Gasteiger partial charge in [0.2, 0.25) is 0 Å². The zero-order valence-electron chi connectivity index (χ0n) is 20.7. The summed E-state index contributed by atoms with van der Waals surface area (Å²) < 4.78 is 47.7. The Morgan fingerprint density at radius 3 is 1.59 bits per heavy atom. The van der Waals surface area contributed by atoms with Crippen LogP contribution in [0.25, 0.3) is 0 Å². The molecule has 0 fully saturated rings. The van der Waals surface area contributed by atoms with E-state index in [1.54, 1.807) is 0 Å². The number of benzene rings is 3. The Labute approximate surface area is 211 Å². The van der Waals surface area contributed by atoms with Crippen molar-refractivity contribution in [3.05, 3.63) is 96.9 Å². The van der Waals surface area contributed by atoms with Gasteiger partial charge in [-0.05, 0) is 79.8 Å². The number of hydrogen-bond donors (Lipinski definition) is 0. The molecule has 0 N–H and O–H groups in total. The van der Waals surface area contributed by atoms with Gasteiger partial charge in [0.25, 0.3) is 0 Å². The lowest BCUT2D eigenvalue weighted by Crippen LogP contribution is -3.85.